The number of hydrogen-bond donors (Lipinski definition) is 0. The molecule has 0 spiro atoms. The molecule has 0 amide bonds. The Bertz CT molecular complexity index is 2370. The number of rotatable bonds is 9. The minimum Gasteiger partial charge on any atom is -0.0563 e. The van der Waals surface area contributed by atoms with Gasteiger partial charge < -0.3 is 0 Å². The monoisotopic (exact) mass is 826 g/mol. The summed E-state index contributed by atoms with van der Waals surface area (Å²) in [6, 6.07) is 46.8. The van der Waals surface area contributed by atoms with Crippen LogP contribution in [0, 0.1) is 96.9 Å². The first-order chi connectivity index (χ1) is 27.9. The van der Waals surface area contributed by atoms with E-state index in [4.69, 9.17) is 0 Å². The fourth-order valence-corrected chi connectivity index (χ4v) is 18.5. The smallest absolute Gasteiger partial charge is 0.00645 e. The molecule has 0 N–H and O–H groups in total. The topological polar surface area (TPSA) is 0 Å². The molecule has 7 aromatic carbocycles. The van der Waals surface area contributed by atoms with Crippen molar-refractivity contribution >= 4 is 71.5 Å². The van der Waals surface area contributed by atoms with E-state index in [0.29, 0.717) is 0 Å². The van der Waals surface area contributed by atoms with Crippen LogP contribution in [-0.2, 0) is 0 Å². The van der Waals surface area contributed by atoms with Crippen LogP contribution in [0.5, 0.6) is 0 Å². The number of benzene rings is 7. The molecule has 0 aliphatic heterocycles. The second-order valence-corrected chi connectivity index (χ2v) is 24.1. The zero-order valence-corrected chi connectivity index (χ0v) is 40.5. The molecule has 0 atom stereocenters. The molecule has 0 saturated carbocycles. The standard InChI is InChI=1S/C56H61P3/c1-34-15-35(2)21-48(20-34)57(49-22-36(3)16-37(4)23-49)53-30-44(11)46(13)32-55(53)59(52-28-42(9)19-43(10)29-52)56-33-47(14)45(12)31-54(56)58(50-24-38(5)17-39(6)25-50)51-26-40(7)18-41(8)27-51/h15-33H,1-14H3. The van der Waals surface area contributed by atoms with Crippen LogP contribution in [0.2, 0.25) is 0 Å². The van der Waals surface area contributed by atoms with Gasteiger partial charge in [-0.1, -0.05) is 171 Å². The molecule has 59 heavy (non-hydrogen) atoms. The molecule has 0 nitrogen and oxygen atoms in total. The molecule has 300 valence electrons. The van der Waals surface area contributed by atoms with Crippen LogP contribution in [0.1, 0.15) is 77.9 Å². The maximum Gasteiger partial charge on any atom is -0.00645 e. The number of aryl methyl sites for hydroxylation is 14. The summed E-state index contributed by atoms with van der Waals surface area (Å²) in [5.41, 5.74) is 18.6. The maximum absolute atomic E-state index is 2.60. The van der Waals surface area contributed by atoms with Gasteiger partial charge in [0.15, 0.2) is 0 Å². The SMILES string of the molecule is Cc1cc(C)cc(P(c2cc(C)cc(C)c2)c2cc(C)c(C)cc2P(c2cc(C)cc(C)c2)c2cc(C)c(C)cc2P(c2cc(C)cc(C)c2)c2cc(C)cc(C)c2)c1. The Morgan fingerprint density at radius 3 is 0.525 bits per heavy atom. The summed E-state index contributed by atoms with van der Waals surface area (Å²) in [7, 11) is -2.85. The molecule has 7 rings (SSSR count). The molecular weight excluding hydrogens is 766 g/mol. The highest BCUT2D eigenvalue weighted by atomic mass is 31.1. The fourth-order valence-electron chi connectivity index (χ4n) is 8.95. The van der Waals surface area contributed by atoms with Gasteiger partial charge >= 0.3 is 0 Å². The van der Waals surface area contributed by atoms with Crippen LogP contribution in [0.4, 0.5) is 0 Å². The average molecular weight is 827 g/mol. The van der Waals surface area contributed by atoms with Crippen molar-refractivity contribution in [3.8, 4) is 0 Å². The minimum absolute atomic E-state index is 0.911. The predicted octanol–water partition coefficient (Wildman–Crippen LogP) is 11.3. The second-order valence-electron chi connectivity index (χ2n) is 17.6. The molecular formula is C56H61P3. The Hall–Kier alpha value is -4.17. The average Bonchev–Trinajstić information content (AvgIpc) is 3.10. The second kappa shape index (κ2) is 17.4. The summed E-state index contributed by atoms with van der Waals surface area (Å²) in [5.74, 6) is 0. The highest BCUT2D eigenvalue weighted by molar-refractivity contribution is 7.88. The van der Waals surface area contributed by atoms with Gasteiger partial charge in [0.25, 0.3) is 0 Å². The van der Waals surface area contributed by atoms with Gasteiger partial charge in [-0.25, -0.2) is 0 Å². The zero-order chi connectivity index (χ0) is 42.4. The van der Waals surface area contributed by atoms with E-state index in [1.54, 1.807) is 0 Å². The van der Waals surface area contributed by atoms with Crippen LogP contribution < -0.4 is 47.7 Å². The molecule has 7 aromatic rings. The largest absolute Gasteiger partial charge is 0.0563 e. The van der Waals surface area contributed by atoms with E-state index in [-0.39, 0.29) is 0 Å². The van der Waals surface area contributed by atoms with Gasteiger partial charge in [0.2, 0.25) is 0 Å². The zero-order valence-electron chi connectivity index (χ0n) is 37.8. The third-order valence-corrected chi connectivity index (χ3v) is 19.1. The fraction of sp³-hybridized carbons (Fsp3) is 0.250. The van der Waals surface area contributed by atoms with Crippen molar-refractivity contribution in [2.75, 3.05) is 0 Å². The van der Waals surface area contributed by atoms with Gasteiger partial charge in [-0.05, 0) is 191 Å². The predicted molar refractivity (Wildman–Crippen MR) is 269 cm³/mol. The minimum atomic E-state index is -1.03. The first-order valence-electron chi connectivity index (χ1n) is 21.0. The van der Waals surface area contributed by atoms with Gasteiger partial charge in [-0.2, -0.15) is 0 Å². The summed E-state index contributed by atoms with van der Waals surface area (Å²) in [6.07, 6.45) is 0. The van der Waals surface area contributed by atoms with Crippen molar-refractivity contribution in [3.05, 3.63) is 193 Å². The van der Waals surface area contributed by atoms with Crippen molar-refractivity contribution in [3.63, 3.8) is 0 Å². The van der Waals surface area contributed by atoms with E-state index in [1.807, 2.05) is 0 Å². The lowest BCUT2D eigenvalue weighted by molar-refractivity contribution is 1.36. The first-order valence-corrected chi connectivity index (χ1v) is 25.0. The summed E-state index contributed by atoms with van der Waals surface area (Å²) in [5, 5.41) is 13.1. The lowest BCUT2D eigenvalue weighted by atomic mass is 10.1. The Balaban J connectivity index is 1.65. The van der Waals surface area contributed by atoms with Crippen LogP contribution in [-0.4, -0.2) is 0 Å². The van der Waals surface area contributed by atoms with Crippen LogP contribution in [0.15, 0.2) is 115 Å². The Labute approximate surface area is 359 Å². The Morgan fingerprint density at radius 1 is 0.186 bits per heavy atom. The van der Waals surface area contributed by atoms with E-state index in [9.17, 15) is 0 Å². The molecule has 0 aromatic heterocycles. The van der Waals surface area contributed by atoms with Gasteiger partial charge in [-0.15, -0.1) is 0 Å². The van der Waals surface area contributed by atoms with Crippen molar-refractivity contribution in [1.29, 1.82) is 0 Å². The molecule has 0 saturated heterocycles. The van der Waals surface area contributed by atoms with Crippen molar-refractivity contribution in [1.82, 2.24) is 0 Å². The van der Waals surface area contributed by atoms with Crippen LogP contribution >= 0.6 is 23.8 Å². The van der Waals surface area contributed by atoms with E-state index in [1.165, 1.54) is 126 Å². The van der Waals surface area contributed by atoms with E-state index < -0.39 is 23.8 Å². The summed E-state index contributed by atoms with van der Waals surface area (Å²) < 4.78 is 0. The normalized spacial score (nSPS) is 11.7. The van der Waals surface area contributed by atoms with Crippen LogP contribution in [0.25, 0.3) is 0 Å². The molecule has 0 bridgehead atoms. The lowest BCUT2D eigenvalue weighted by Gasteiger charge is -2.33. The molecule has 0 fully saturated rings. The Morgan fingerprint density at radius 2 is 0.339 bits per heavy atom. The molecule has 0 unspecified atom stereocenters. The Kier molecular flexibility index (Phi) is 12.7. The van der Waals surface area contributed by atoms with Crippen LogP contribution in [0.3, 0.4) is 0 Å². The summed E-state index contributed by atoms with van der Waals surface area (Å²) >= 11 is 0. The first kappa shape index (κ1) is 42.9. The van der Waals surface area contributed by atoms with Gasteiger partial charge in [0.05, 0.1) is 0 Å². The lowest BCUT2D eigenvalue weighted by Crippen LogP contribution is -2.40. The maximum atomic E-state index is 2.60. The van der Waals surface area contributed by atoms with Gasteiger partial charge in [-0.3, -0.25) is 0 Å². The van der Waals surface area contributed by atoms with Crippen molar-refractivity contribution in [2.24, 2.45) is 0 Å². The third-order valence-electron chi connectivity index (χ3n) is 11.5. The number of hydrogen-bond acceptors (Lipinski definition) is 0. The van der Waals surface area contributed by atoms with Crippen molar-refractivity contribution < 1.29 is 0 Å². The van der Waals surface area contributed by atoms with Gasteiger partial charge in [0, 0.05) is 0 Å². The van der Waals surface area contributed by atoms with E-state index in [0.717, 1.165) is 0 Å². The highest BCUT2D eigenvalue weighted by Gasteiger charge is 2.32. The van der Waals surface area contributed by atoms with E-state index in [2.05, 4.69) is 212 Å². The molecule has 0 heterocycles. The van der Waals surface area contributed by atoms with E-state index >= 15 is 0 Å². The quantitative estimate of drug-likeness (QED) is 0.127. The summed E-state index contributed by atoms with van der Waals surface area (Å²) in [4.78, 5) is 0. The molecule has 0 aliphatic carbocycles. The molecule has 0 aliphatic rings. The van der Waals surface area contributed by atoms with Crippen molar-refractivity contribution in [2.45, 2.75) is 96.9 Å². The highest BCUT2D eigenvalue weighted by Crippen LogP contribution is 2.44. The summed E-state index contributed by atoms with van der Waals surface area (Å²) in [6.45, 7) is 32.0. The third kappa shape index (κ3) is 9.43. The van der Waals surface area contributed by atoms with Gasteiger partial charge in [0.1, 0.15) is 0 Å². The molecule has 3 heteroatoms. The molecule has 0 radical (unpaired) electrons.